The van der Waals surface area contributed by atoms with E-state index in [0.717, 1.165) is 29.0 Å². The molecule has 0 saturated heterocycles. The van der Waals surface area contributed by atoms with E-state index in [4.69, 9.17) is 0 Å². The molecule has 0 aliphatic rings. The highest BCUT2D eigenvalue weighted by atomic mass is 32.1. The first kappa shape index (κ1) is 16.0. The third-order valence-corrected chi connectivity index (χ3v) is 4.50. The van der Waals surface area contributed by atoms with Crippen LogP contribution in [0.4, 0.5) is 11.8 Å². The topological polar surface area (TPSA) is 70.1 Å². The quantitative estimate of drug-likeness (QED) is 0.732. The molecule has 3 N–H and O–H groups in total. The minimum absolute atomic E-state index is 0.146. The number of fused-ring (bicyclic) bond motifs is 1. The van der Waals surface area contributed by atoms with Gasteiger partial charge in [-0.05, 0) is 32.3 Å². The molecule has 0 aliphatic heterocycles. The van der Waals surface area contributed by atoms with Crippen molar-refractivity contribution in [3.8, 4) is 0 Å². The van der Waals surface area contributed by atoms with Crippen molar-refractivity contribution in [2.24, 2.45) is 5.92 Å². The summed E-state index contributed by atoms with van der Waals surface area (Å²) in [7, 11) is 0. The molecule has 0 bridgehead atoms. The molecule has 2 rings (SSSR count). The lowest BCUT2D eigenvalue weighted by Gasteiger charge is -2.20. The number of aliphatic hydroxyl groups is 1. The van der Waals surface area contributed by atoms with Crippen LogP contribution in [-0.2, 0) is 0 Å². The van der Waals surface area contributed by atoms with Gasteiger partial charge in [0.2, 0.25) is 5.95 Å². The number of rotatable bonds is 7. The number of thiophene rings is 1. The predicted molar refractivity (Wildman–Crippen MR) is 90.3 cm³/mol. The number of aryl methyl sites for hydroxylation is 1. The fourth-order valence-corrected chi connectivity index (χ4v) is 2.86. The van der Waals surface area contributed by atoms with Gasteiger partial charge in [-0.1, -0.05) is 13.8 Å². The van der Waals surface area contributed by atoms with E-state index in [1.54, 1.807) is 11.3 Å². The number of anilines is 2. The smallest absolute Gasteiger partial charge is 0.226 e. The number of nitrogens with zero attached hydrogens (tertiary/aromatic N) is 2. The number of hydrogen-bond acceptors (Lipinski definition) is 6. The Morgan fingerprint density at radius 3 is 2.76 bits per heavy atom. The Morgan fingerprint density at radius 2 is 2.10 bits per heavy atom. The maximum absolute atomic E-state index is 9.29. The molecule has 0 aliphatic carbocycles. The maximum Gasteiger partial charge on any atom is 0.226 e. The van der Waals surface area contributed by atoms with Gasteiger partial charge >= 0.3 is 0 Å². The lowest BCUT2D eigenvalue weighted by atomic mass is 10.1. The summed E-state index contributed by atoms with van der Waals surface area (Å²) in [5.41, 5.74) is 0. The van der Waals surface area contributed by atoms with Gasteiger partial charge in [-0.25, -0.2) is 4.98 Å². The SMILES string of the molecule is CCCNc1nc(NC(C)C(C)CO)c2cc(C)sc2n1. The average molecular weight is 308 g/mol. The predicted octanol–water partition coefficient (Wildman–Crippen LogP) is 3.25. The van der Waals surface area contributed by atoms with Crippen molar-refractivity contribution in [2.45, 2.75) is 40.2 Å². The van der Waals surface area contributed by atoms with Crippen LogP contribution in [0.15, 0.2) is 6.07 Å². The van der Waals surface area contributed by atoms with Crippen molar-refractivity contribution >= 4 is 33.3 Å². The normalized spacial score (nSPS) is 14.1. The molecule has 0 amide bonds. The molecule has 2 heterocycles. The Hall–Kier alpha value is -1.40. The molecule has 0 spiro atoms. The van der Waals surface area contributed by atoms with Gasteiger partial charge in [0.15, 0.2) is 0 Å². The fraction of sp³-hybridized carbons (Fsp3) is 0.600. The lowest BCUT2D eigenvalue weighted by Crippen LogP contribution is -2.27. The molecular formula is C15H24N4OS. The Morgan fingerprint density at radius 1 is 1.33 bits per heavy atom. The summed E-state index contributed by atoms with van der Waals surface area (Å²) in [4.78, 5) is 11.4. The van der Waals surface area contributed by atoms with Crippen molar-refractivity contribution < 1.29 is 5.11 Å². The standard InChI is InChI=1S/C15H24N4OS/c1-5-6-16-15-18-13(17-11(4)9(2)8-20)12-7-10(3)21-14(12)19-15/h7,9,11,20H,5-6,8H2,1-4H3,(H2,16,17,18,19). The Labute approximate surface area is 129 Å². The van der Waals surface area contributed by atoms with Crippen LogP contribution in [0.2, 0.25) is 0 Å². The van der Waals surface area contributed by atoms with E-state index < -0.39 is 0 Å². The highest BCUT2D eigenvalue weighted by molar-refractivity contribution is 7.18. The van der Waals surface area contributed by atoms with Crippen LogP contribution in [0.25, 0.3) is 10.2 Å². The molecule has 21 heavy (non-hydrogen) atoms. The van der Waals surface area contributed by atoms with E-state index in [9.17, 15) is 5.11 Å². The van der Waals surface area contributed by atoms with E-state index in [1.807, 2.05) is 6.92 Å². The van der Waals surface area contributed by atoms with Crippen LogP contribution in [0.3, 0.4) is 0 Å². The van der Waals surface area contributed by atoms with Gasteiger partial charge < -0.3 is 15.7 Å². The van der Waals surface area contributed by atoms with Crippen molar-refractivity contribution in [3.05, 3.63) is 10.9 Å². The van der Waals surface area contributed by atoms with Gasteiger partial charge in [0.05, 0.1) is 5.39 Å². The van der Waals surface area contributed by atoms with E-state index >= 15 is 0 Å². The third kappa shape index (κ3) is 3.83. The summed E-state index contributed by atoms with van der Waals surface area (Å²) in [6.07, 6.45) is 1.03. The summed E-state index contributed by atoms with van der Waals surface area (Å²) in [5.74, 6) is 1.68. The van der Waals surface area contributed by atoms with Crippen LogP contribution >= 0.6 is 11.3 Å². The van der Waals surface area contributed by atoms with Crippen LogP contribution in [0, 0.1) is 12.8 Å². The Balaban J connectivity index is 2.34. The van der Waals surface area contributed by atoms with Crippen LogP contribution in [0.5, 0.6) is 0 Å². The number of hydrogen-bond donors (Lipinski definition) is 3. The van der Waals surface area contributed by atoms with Crippen LogP contribution in [0.1, 0.15) is 32.1 Å². The highest BCUT2D eigenvalue weighted by Crippen LogP contribution is 2.30. The summed E-state index contributed by atoms with van der Waals surface area (Å²) >= 11 is 1.67. The molecule has 0 saturated carbocycles. The zero-order valence-electron chi connectivity index (χ0n) is 13.1. The minimum atomic E-state index is 0.146. The fourth-order valence-electron chi connectivity index (χ4n) is 1.98. The second-order valence-corrected chi connectivity index (χ2v) is 6.73. The minimum Gasteiger partial charge on any atom is -0.396 e. The van der Waals surface area contributed by atoms with Crippen LogP contribution < -0.4 is 10.6 Å². The molecular weight excluding hydrogens is 284 g/mol. The van der Waals surface area contributed by atoms with Gasteiger partial charge in [0, 0.05) is 24.1 Å². The first-order valence-electron chi connectivity index (χ1n) is 7.44. The maximum atomic E-state index is 9.29. The molecule has 0 fully saturated rings. The third-order valence-electron chi connectivity index (χ3n) is 3.55. The molecule has 0 aromatic carbocycles. The average Bonchev–Trinajstić information content (AvgIpc) is 2.84. The van der Waals surface area contributed by atoms with Gasteiger partial charge in [0.25, 0.3) is 0 Å². The molecule has 0 radical (unpaired) electrons. The zero-order chi connectivity index (χ0) is 15.4. The van der Waals surface area contributed by atoms with Crippen molar-refractivity contribution in [1.29, 1.82) is 0 Å². The molecule has 2 atom stereocenters. The molecule has 2 unspecified atom stereocenters. The molecule has 6 heteroatoms. The van der Waals surface area contributed by atoms with Gasteiger partial charge in [0.1, 0.15) is 10.6 Å². The first-order chi connectivity index (χ1) is 10.0. The molecule has 116 valence electrons. The van der Waals surface area contributed by atoms with E-state index in [2.05, 4.69) is 47.4 Å². The summed E-state index contributed by atoms with van der Waals surface area (Å²) in [5, 5.41) is 17.0. The second-order valence-electron chi connectivity index (χ2n) is 5.49. The summed E-state index contributed by atoms with van der Waals surface area (Å²) in [6, 6.07) is 2.26. The Bertz CT molecular complexity index is 599. The van der Waals surface area contributed by atoms with E-state index in [-0.39, 0.29) is 18.6 Å². The molecule has 2 aromatic rings. The summed E-state index contributed by atoms with van der Waals surface area (Å²) < 4.78 is 0. The van der Waals surface area contributed by atoms with Crippen LogP contribution in [-0.4, -0.2) is 34.3 Å². The van der Waals surface area contributed by atoms with Gasteiger partial charge in [-0.3, -0.25) is 0 Å². The van der Waals surface area contributed by atoms with Crippen molar-refractivity contribution in [3.63, 3.8) is 0 Å². The molecule has 2 aromatic heterocycles. The highest BCUT2D eigenvalue weighted by Gasteiger charge is 2.16. The molecule has 5 nitrogen and oxygen atoms in total. The van der Waals surface area contributed by atoms with Gasteiger partial charge in [-0.15, -0.1) is 11.3 Å². The Kier molecular flexibility index (Phi) is 5.36. The lowest BCUT2D eigenvalue weighted by molar-refractivity contribution is 0.226. The van der Waals surface area contributed by atoms with Crippen molar-refractivity contribution in [1.82, 2.24) is 9.97 Å². The largest absolute Gasteiger partial charge is 0.396 e. The first-order valence-corrected chi connectivity index (χ1v) is 8.26. The van der Waals surface area contributed by atoms with Gasteiger partial charge in [-0.2, -0.15) is 4.98 Å². The number of aliphatic hydroxyl groups excluding tert-OH is 1. The number of aromatic nitrogens is 2. The van der Waals surface area contributed by atoms with Crippen molar-refractivity contribution in [2.75, 3.05) is 23.8 Å². The van der Waals surface area contributed by atoms with E-state index in [1.165, 1.54) is 4.88 Å². The summed E-state index contributed by atoms with van der Waals surface area (Å²) in [6.45, 7) is 9.29. The second kappa shape index (κ2) is 7.04. The number of nitrogens with one attached hydrogen (secondary N) is 2. The zero-order valence-corrected chi connectivity index (χ0v) is 13.9. The van der Waals surface area contributed by atoms with E-state index in [0.29, 0.717) is 5.95 Å². The monoisotopic (exact) mass is 308 g/mol.